The SMILES string of the molecule is C[C@@H]1CN([C@@H](C)CO)C(=O)c2cccc(NC(=O)c3nc4ccccc4s3)c2O[C@@H]1CN(C)S(=O)(=O)c1ccc(Cl)cc1. The van der Waals surface area contributed by atoms with Crippen molar-refractivity contribution >= 4 is 60.7 Å². The number of halogens is 1. The van der Waals surface area contributed by atoms with Gasteiger partial charge in [-0.1, -0.05) is 36.7 Å². The minimum absolute atomic E-state index is 0.0543. The Morgan fingerprint density at radius 3 is 2.60 bits per heavy atom. The molecule has 5 rings (SSSR count). The van der Waals surface area contributed by atoms with Crippen molar-refractivity contribution in [3.63, 3.8) is 0 Å². The van der Waals surface area contributed by atoms with Gasteiger partial charge >= 0.3 is 0 Å². The number of carbonyl (C=O) groups excluding carboxylic acids is 2. The maximum absolute atomic E-state index is 13.8. The fourth-order valence-corrected chi connectivity index (χ4v) is 7.01. The fraction of sp³-hybridized carbons (Fsp3) is 0.300. The summed E-state index contributed by atoms with van der Waals surface area (Å²) in [6.07, 6.45) is -0.729. The molecule has 0 unspecified atom stereocenters. The maximum atomic E-state index is 13.8. The Balaban J connectivity index is 1.51. The molecule has 0 bridgehead atoms. The predicted octanol–water partition coefficient (Wildman–Crippen LogP) is 4.74. The number of anilines is 1. The molecule has 13 heteroatoms. The third kappa shape index (κ3) is 6.38. The second kappa shape index (κ2) is 12.6. The van der Waals surface area contributed by atoms with Crippen LogP contribution < -0.4 is 10.1 Å². The lowest BCUT2D eigenvalue weighted by atomic mass is 9.99. The van der Waals surface area contributed by atoms with Crippen LogP contribution >= 0.6 is 22.9 Å². The molecule has 3 atom stereocenters. The van der Waals surface area contributed by atoms with E-state index in [9.17, 15) is 23.1 Å². The number of fused-ring (bicyclic) bond motifs is 2. The molecule has 2 N–H and O–H groups in total. The topological polar surface area (TPSA) is 129 Å². The monoisotopic (exact) mass is 642 g/mol. The van der Waals surface area contributed by atoms with Gasteiger partial charge in [-0.3, -0.25) is 9.59 Å². The molecule has 0 saturated carbocycles. The highest BCUT2D eigenvalue weighted by molar-refractivity contribution is 7.89. The van der Waals surface area contributed by atoms with Crippen molar-refractivity contribution in [1.29, 1.82) is 0 Å². The van der Waals surface area contributed by atoms with Crippen LogP contribution in [-0.4, -0.2) is 78.4 Å². The number of rotatable bonds is 8. The first-order valence-corrected chi connectivity index (χ1v) is 16.2. The van der Waals surface area contributed by atoms with Crippen molar-refractivity contribution in [2.75, 3.05) is 32.1 Å². The third-order valence-corrected chi connectivity index (χ3v) is 10.5. The van der Waals surface area contributed by atoms with Crippen molar-refractivity contribution < 1.29 is 27.9 Å². The molecule has 2 heterocycles. The summed E-state index contributed by atoms with van der Waals surface area (Å²) in [7, 11) is -2.44. The molecule has 0 fully saturated rings. The van der Waals surface area contributed by atoms with E-state index in [0.29, 0.717) is 10.5 Å². The van der Waals surface area contributed by atoms with Gasteiger partial charge in [-0.25, -0.2) is 13.4 Å². The summed E-state index contributed by atoms with van der Waals surface area (Å²) in [5.74, 6) is -1.09. The van der Waals surface area contributed by atoms with Crippen LogP contribution in [0.4, 0.5) is 5.69 Å². The Kier molecular flexibility index (Phi) is 9.04. The number of hydrogen-bond donors (Lipinski definition) is 2. The first-order chi connectivity index (χ1) is 20.5. The second-order valence-electron chi connectivity index (χ2n) is 10.5. The number of amides is 2. The Morgan fingerprint density at radius 2 is 1.91 bits per heavy atom. The number of likely N-dealkylation sites (N-methyl/N-ethyl adjacent to an activating group) is 1. The standard InChI is InChI=1S/C30H31ClN4O6S2/c1-18-15-35(19(2)17-36)30(38)22-7-6-9-24(32-28(37)29-33-23-8-4-5-10-26(23)42-29)27(22)41-25(18)16-34(3)43(39,40)21-13-11-20(31)12-14-21/h4-14,18-19,25,36H,15-17H2,1-3H3,(H,32,37)/t18-,19+,25-/m1/s1. The van der Waals surface area contributed by atoms with E-state index < -0.39 is 28.1 Å². The first kappa shape index (κ1) is 30.9. The lowest BCUT2D eigenvalue weighted by molar-refractivity contribution is 0.0388. The number of thiazole rings is 1. The Bertz CT molecular complexity index is 1730. The number of para-hydroxylation sites is 2. The van der Waals surface area contributed by atoms with Crippen LogP contribution in [0.3, 0.4) is 0 Å². The molecule has 3 aromatic carbocycles. The van der Waals surface area contributed by atoms with E-state index >= 15 is 0 Å². The van der Waals surface area contributed by atoms with Gasteiger partial charge in [-0.15, -0.1) is 11.3 Å². The fourth-order valence-electron chi connectivity index (χ4n) is 4.84. The van der Waals surface area contributed by atoms with Crippen molar-refractivity contribution in [1.82, 2.24) is 14.2 Å². The van der Waals surface area contributed by atoms with Crippen molar-refractivity contribution in [3.05, 3.63) is 82.3 Å². The molecule has 4 aromatic rings. The summed E-state index contributed by atoms with van der Waals surface area (Å²) in [5.41, 5.74) is 1.12. The van der Waals surface area contributed by atoms with Gasteiger partial charge in [0.2, 0.25) is 10.0 Å². The molecule has 0 spiro atoms. The first-order valence-electron chi connectivity index (χ1n) is 13.6. The average Bonchev–Trinajstić information content (AvgIpc) is 3.44. The number of benzene rings is 3. The Hall–Kier alpha value is -3.55. The zero-order chi connectivity index (χ0) is 30.9. The molecule has 0 radical (unpaired) electrons. The van der Waals surface area contributed by atoms with Crippen LogP contribution in [0.5, 0.6) is 5.75 Å². The molecule has 10 nitrogen and oxygen atoms in total. The summed E-state index contributed by atoms with van der Waals surface area (Å²) >= 11 is 7.20. The van der Waals surface area contributed by atoms with E-state index in [1.807, 2.05) is 31.2 Å². The quantitative estimate of drug-likeness (QED) is 0.284. The van der Waals surface area contributed by atoms with Crippen LogP contribution in [0.2, 0.25) is 5.02 Å². The molecular formula is C30H31ClN4O6S2. The smallest absolute Gasteiger partial charge is 0.284 e. The van der Waals surface area contributed by atoms with Gasteiger partial charge in [0.1, 0.15) is 6.10 Å². The minimum atomic E-state index is -3.90. The van der Waals surface area contributed by atoms with Gasteiger partial charge in [0.25, 0.3) is 11.8 Å². The number of carbonyl (C=O) groups is 2. The van der Waals surface area contributed by atoms with Gasteiger partial charge < -0.3 is 20.1 Å². The molecule has 43 heavy (non-hydrogen) atoms. The van der Waals surface area contributed by atoms with E-state index in [-0.39, 0.29) is 58.4 Å². The normalized spacial score (nSPS) is 18.1. The van der Waals surface area contributed by atoms with Crippen LogP contribution in [0.25, 0.3) is 10.2 Å². The van der Waals surface area contributed by atoms with Crippen molar-refractivity contribution in [2.45, 2.75) is 30.9 Å². The second-order valence-corrected chi connectivity index (χ2v) is 14.0. The van der Waals surface area contributed by atoms with Gasteiger partial charge in [-0.2, -0.15) is 4.31 Å². The van der Waals surface area contributed by atoms with E-state index in [1.165, 1.54) is 47.0 Å². The van der Waals surface area contributed by atoms with Crippen LogP contribution in [-0.2, 0) is 10.0 Å². The van der Waals surface area contributed by atoms with Gasteiger partial charge in [-0.05, 0) is 55.5 Å². The summed E-state index contributed by atoms with van der Waals surface area (Å²) < 4.78 is 35.3. The number of aliphatic hydroxyl groups excluding tert-OH is 1. The molecule has 0 aliphatic carbocycles. The van der Waals surface area contributed by atoms with Gasteiger partial charge in [0.05, 0.1) is 45.6 Å². The van der Waals surface area contributed by atoms with E-state index in [2.05, 4.69) is 10.3 Å². The highest BCUT2D eigenvalue weighted by Gasteiger charge is 2.36. The Labute approximate surface area is 258 Å². The van der Waals surface area contributed by atoms with Crippen LogP contribution in [0.1, 0.15) is 34.0 Å². The summed E-state index contributed by atoms with van der Waals surface area (Å²) in [5, 5.41) is 13.4. The largest absolute Gasteiger partial charge is 0.486 e. The predicted molar refractivity (Wildman–Crippen MR) is 166 cm³/mol. The zero-order valence-electron chi connectivity index (χ0n) is 23.7. The Morgan fingerprint density at radius 1 is 1.19 bits per heavy atom. The van der Waals surface area contributed by atoms with Gasteiger partial charge in [0.15, 0.2) is 10.8 Å². The zero-order valence-corrected chi connectivity index (χ0v) is 26.1. The lowest BCUT2D eigenvalue weighted by Gasteiger charge is -2.38. The van der Waals surface area contributed by atoms with Crippen LogP contribution in [0.15, 0.2) is 71.6 Å². The molecule has 1 aliphatic heterocycles. The van der Waals surface area contributed by atoms with Crippen molar-refractivity contribution in [2.24, 2.45) is 5.92 Å². The highest BCUT2D eigenvalue weighted by Crippen LogP contribution is 2.36. The summed E-state index contributed by atoms with van der Waals surface area (Å²) in [4.78, 5) is 33.1. The molecule has 1 aromatic heterocycles. The third-order valence-electron chi connectivity index (χ3n) is 7.39. The van der Waals surface area contributed by atoms with Crippen LogP contribution in [0, 0.1) is 5.92 Å². The number of aromatic nitrogens is 1. The molecular weight excluding hydrogens is 612 g/mol. The summed E-state index contributed by atoms with van der Waals surface area (Å²) in [6.45, 7) is 3.48. The van der Waals surface area contributed by atoms with E-state index in [4.69, 9.17) is 16.3 Å². The highest BCUT2D eigenvalue weighted by atomic mass is 35.5. The van der Waals surface area contributed by atoms with E-state index in [1.54, 1.807) is 30.0 Å². The average molecular weight is 643 g/mol. The van der Waals surface area contributed by atoms with Gasteiger partial charge in [0, 0.05) is 24.5 Å². The molecule has 2 amide bonds. The number of ether oxygens (including phenoxy) is 1. The molecule has 226 valence electrons. The number of hydrogen-bond acceptors (Lipinski definition) is 8. The molecule has 0 saturated heterocycles. The lowest BCUT2D eigenvalue weighted by Crippen LogP contribution is -2.50. The number of nitrogens with one attached hydrogen (secondary N) is 1. The number of nitrogens with zero attached hydrogens (tertiary/aromatic N) is 3. The summed E-state index contributed by atoms with van der Waals surface area (Å²) in [6, 6.07) is 17.6. The maximum Gasteiger partial charge on any atom is 0.284 e. The molecule has 1 aliphatic rings. The minimum Gasteiger partial charge on any atom is -0.486 e. The number of sulfonamides is 1. The number of aliphatic hydroxyl groups is 1. The van der Waals surface area contributed by atoms with E-state index in [0.717, 1.165) is 4.70 Å². The van der Waals surface area contributed by atoms with Crippen molar-refractivity contribution in [3.8, 4) is 5.75 Å².